The van der Waals surface area contributed by atoms with Gasteiger partial charge in [0.1, 0.15) is 24.1 Å². The first-order valence-electron chi connectivity index (χ1n) is 16.4. The minimum atomic E-state index is -0.299. The topological polar surface area (TPSA) is 170 Å². The van der Waals surface area contributed by atoms with E-state index >= 15 is 0 Å². The molecule has 0 radical (unpaired) electrons. The van der Waals surface area contributed by atoms with Gasteiger partial charge in [0.05, 0.1) is 63.2 Å². The van der Waals surface area contributed by atoms with Crippen molar-refractivity contribution in [2.45, 2.75) is 50.8 Å². The largest absolute Gasteiger partial charge is 0.487 e. The molecule has 1 atom stereocenters. The molecule has 0 bridgehead atoms. The number of hydrazine groups is 2. The standard InChI is InChI=1S/C32H47ClN10O5/c1-23(20-42(22-34)40-35)48-30-17-24(3-8-28(30)33)25-18-36-32(37-19-25)38-29-21-43(39-31(29)47-16-15-46-14-13-44-2)27-6-4-26(5-7-27)41-9-11-45-12-10-41/h3,8,17-19,21-23,26-27,34,40H,4-7,9-16,20,35H2,1-2H3,(H,36,37,38)/t23-,26?,27?/m0/s1. The lowest BCUT2D eigenvalue weighted by molar-refractivity contribution is 0.00501. The maximum atomic E-state index is 7.40. The van der Waals surface area contributed by atoms with Crippen LogP contribution in [0.5, 0.6) is 11.6 Å². The number of nitrogens with zero attached hydrogens (tertiary/aromatic N) is 6. The Bertz CT molecular complexity index is 1420. The van der Waals surface area contributed by atoms with Crippen LogP contribution in [0.1, 0.15) is 38.6 Å². The summed E-state index contributed by atoms with van der Waals surface area (Å²) in [5.41, 5.74) is 4.74. The highest BCUT2D eigenvalue weighted by atomic mass is 35.5. The lowest BCUT2D eigenvalue weighted by atomic mass is 9.90. The number of halogens is 1. The molecule has 1 saturated heterocycles. The smallest absolute Gasteiger partial charge is 0.257 e. The highest BCUT2D eigenvalue weighted by Crippen LogP contribution is 2.35. The van der Waals surface area contributed by atoms with Crippen LogP contribution < -0.4 is 26.2 Å². The normalized spacial score (nSPS) is 19.1. The summed E-state index contributed by atoms with van der Waals surface area (Å²) in [5, 5.41) is 17.4. The molecule has 5 N–H and O–H groups in total. The summed E-state index contributed by atoms with van der Waals surface area (Å²) in [7, 11) is 1.65. The van der Waals surface area contributed by atoms with Gasteiger partial charge in [-0.25, -0.2) is 9.97 Å². The summed E-state index contributed by atoms with van der Waals surface area (Å²) in [6.45, 7) is 7.68. The Morgan fingerprint density at radius 2 is 1.81 bits per heavy atom. The molecule has 3 aromatic rings. The van der Waals surface area contributed by atoms with Gasteiger partial charge in [-0.2, -0.15) is 5.53 Å². The van der Waals surface area contributed by atoms with Crippen molar-refractivity contribution in [1.29, 1.82) is 5.41 Å². The summed E-state index contributed by atoms with van der Waals surface area (Å²) in [6.07, 6.45) is 10.6. The number of aromatic nitrogens is 4. The van der Waals surface area contributed by atoms with Gasteiger partial charge in [0, 0.05) is 44.2 Å². The molecule has 2 fully saturated rings. The number of morpholine rings is 1. The Labute approximate surface area is 286 Å². The molecule has 262 valence electrons. The van der Waals surface area contributed by atoms with Crippen molar-refractivity contribution < 1.29 is 23.7 Å². The predicted octanol–water partition coefficient (Wildman–Crippen LogP) is 3.65. The van der Waals surface area contributed by atoms with Crippen LogP contribution in [-0.4, -0.2) is 115 Å². The maximum absolute atomic E-state index is 7.40. The van der Waals surface area contributed by atoms with E-state index in [1.54, 1.807) is 25.6 Å². The van der Waals surface area contributed by atoms with Crippen LogP contribution in [0, 0.1) is 5.41 Å². The van der Waals surface area contributed by atoms with E-state index in [-0.39, 0.29) is 12.1 Å². The fourth-order valence-electron chi connectivity index (χ4n) is 5.94. The predicted molar refractivity (Wildman–Crippen MR) is 183 cm³/mol. The zero-order chi connectivity index (χ0) is 33.7. The SMILES string of the molecule is COCCOCCOc1nn(C2CCC(N3CCOCC3)CC2)cc1Nc1ncc(-c2ccc(Cl)c(O[C@@H](C)CN(C=N)NN)c2)cn1. The average Bonchev–Trinajstić information content (AvgIpc) is 3.52. The Balaban J connectivity index is 1.25. The monoisotopic (exact) mass is 686 g/mol. The van der Waals surface area contributed by atoms with Gasteiger partial charge in [0.15, 0.2) is 0 Å². The number of ether oxygens (including phenoxy) is 5. The van der Waals surface area contributed by atoms with Gasteiger partial charge in [0.2, 0.25) is 5.95 Å². The Morgan fingerprint density at radius 1 is 1.08 bits per heavy atom. The first-order valence-corrected chi connectivity index (χ1v) is 16.7. The Hall–Kier alpha value is -3.57. The number of nitrogens with two attached hydrogens (primary N) is 1. The molecule has 2 aromatic heterocycles. The van der Waals surface area contributed by atoms with Crippen molar-refractivity contribution in [3.63, 3.8) is 0 Å². The molecule has 0 spiro atoms. The number of benzene rings is 1. The zero-order valence-corrected chi connectivity index (χ0v) is 28.4. The lowest BCUT2D eigenvalue weighted by Crippen LogP contribution is -2.46. The summed E-state index contributed by atoms with van der Waals surface area (Å²) in [4.78, 5) is 11.7. The van der Waals surface area contributed by atoms with Gasteiger partial charge >= 0.3 is 0 Å². The van der Waals surface area contributed by atoms with Crippen molar-refractivity contribution in [2.75, 3.05) is 71.7 Å². The van der Waals surface area contributed by atoms with Crippen LogP contribution in [-0.2, 0) is 14.2 Å². The summed E-state index contributed by atoms with van der Waals surface area (Å²) >= 11 is 6.43. The number of nitrogens with one attached hydrogen (secondary N) is 3. The van der Waals surface area contributed by atoms with Crippen molar-refractivity contribution in [3.05, 3.63) is 41.8 Å². The number of methoxy groups -OCH3 is 1. The van der Waals surface area contributed by atoms with E-state index in [0.29, 0.717) is 67.3 Å². The van der Waals surface area contributed by atoms with Crippen molar-refractivity contribution in [1.82, 2.24) is 35.2 Å². The molecule has 48 heavy (non-hydrogen) atoms. The van der Waals surface area contributed by atoms with Crippen molar-refractivity contribution >= 4 is 29.6 Å². The fraction of sp³-hybridized carbons (Fsp3) is 0.562. The Kier molecular flexibility index (Phi) is 13.6. The van der Waals surface area contributed by atoms with Crippen LogP contribution in [0.4, 0.5) is 11.6 Å². The highest BCUT2D eigenvalue weighted by molar-refractivity contribution is 6.32. The van der Waals surface area contributed by atoms with E-state index in [4.69, 9.17) is 51.6 Å². The molecule has 2 aliphatic rings. The number of hydrogen-bond acceptors (Lipinski definition) is 13. The van der Waals surface area contributed by atoms with Crippen LogP contribution >= 0.6 is 11.6 Å². The van der Waals surface area contributed by atoms with E-state index < -0.39 is 0 Å². The second kappa shape index (κ2) is 18.3. The van der Waals surface area contributed by atoms with E-state index in [1.165, 1.54) is 5.01 Å². The van der Waals surface area contributed by atoms with Crippen molar-refractivity contribution in [3.8, 4) is 22.8 Å². The molecule has 1 saturated carbocycles. The van der Waals surface area contributed by atoms with E-state index in [9.17, 15) is 0 Å². The maximum Gasteiger partial charge on any atom is 0.257 e. The molecule has 1 aliphatic heterocycles. The lowest BCUT2D eigenvalue weighted by Gasteiger charge is -2.38. The van der Waals surface area contributed by atoms with Gasteiger partial charge in [0.25, 0.3) is 5.88 Å². The van der Waals surface area contributed by atoms with E-state index in [1.807, 2.05) is 29.9 Å². The molecule has 15 nitrogen and oxygen atoms in total. The van der Waals surface area contributed by atoms with Gasteiger partial charge in [-0.15, -0.1) is 5.10 Å². The second-order valence-electron chi connectivity index (χ2n) is 11.8. The third kappa shape index (κ3) is 9.98. The van der Waals surface area contributed by atoms with Crippen LogP contribution in [0.2, 0.25) is 5.02 Å². The molecule has 0 unspecified atom stereocenters. The first kappa shape index (κ1) is 35.7. The molecule has 3 heterocycles. The second-order valence-corrected chi connectivity index (χ2v) is 12.2. The fourth-order valence-corrected chi connectivity index (χ4v) is 6.10. The van der Waals surface area contributed by atoms with Crippen LogP contribution in [0.15, 0.2) is 36.8 Å². The molecule has 1 aromatic carbocycles. The van der Waals surface area contributed by atoms with Gasteiger partial charge in [-0.3, -0.25) is 25.8 Å². The molecule has 0 amide bonds. The number of rotatable bonds is 18. The first-order chi connectivity index (χ1) is 23.5. The van der Waals surface area contributed by atoms with Gasteiger partial charge in [-0.1, -0.05) is 17.7 Å². The average molecular weight is 687 g/mol. The van der Waals surface area contributed by atoms with E-state index in [2.05, 4.69) is 25.7 Å². The third-order valence-electron chi connectivity index (χ3n) is 8.47. The Morgan fingerprint density at radius 3 is 2.52 bits per heavy atom. The summed E-state index contributed by atoms with van der Waals surface area (Å²) in [5.74, 6) is 6.83. The minimum Gasteiger partial charge on any atom is -0.487 e. The zero-order valence-electron chi connectivity index (χ0n) is 27.6. The van der Waals surface area contributed by atoms with E-state index in [0.717, 1.165) is 69.5 Å². The molecular weight excluding hydrogens is 640 g/mol. The summed E-state index contributed by atoms with van der Waals surface area (Å²) in [6, 6.07) is 6.38. The van der Waals surface area contributed by atoms with Crippen LogP contribution in [0.25, 0.3) is 11.1 Å². The number of anilines is 2. The van der Waals surface area contributed by atoms with Gasteiger partial charge < -0.3 is 29.0 Å². The number of hydrogen-bond donors (Lipinski definition) is 4. The quantitative estimate of drug-likeness (QED) is 0.0503. The molecule has 16 heteroatoms. The van der Waals surface area contributed by atoms with Gasteiger partial charge in [-0.05, 0) is 50.3 Å². The van der Waals surface area contributed by atoms with Crippen molar-refractivity contribution in [2.24, 2.45) is 5.84 Å². The summed E-state index contributed by atoms with van der Waals surface area (Å²) < 4.78 is 30.3. The van der Waals surface area contributed by atoms with Crippen LogP contribution in [0.3, 0.4) is 0 Å². The molecule has 1 aliphatic carbocycles. The minimum absolute atomic E-state index is 0.283. The molecule has 5 rings (SSSR count). The third-order valence-corrected chi connectivity index (χ3v) is 8.78. The highest BCUT2D eigenvalue weighted by Gasteiger charge is 2.29. The molecular formula is C32H47ClN10O5.